The number of benzene rings is 1. The molecule has 1 aromatic rings. The van der Waals surface area contributed by atoms with E-state index in [1.807, 2.05) is 19.9 Å². The molecular weight excluding hydrogens is 196 g/mol. The summed E-state index contributed by atoms with van der Waals surface area (Å²) in [6.07, 6.45) is 0. The Labute approximate surface area is 89.1 Å². The van der Waals surface area contributed by atoms with Gasteiger partial charge in [-0.3, -0.25) is 0 Å². The smallest absolute Gasteiger partial charge is 0.171 e. The summed E-state index contributed by atoms with van der Waals surface area (Å²) >= 11 is 5.04. The topological polar surface area (TPSA) is 44.3 Å². The molecule has 1 rings (SSSR count). The van der Waals surface area contributed by atoms with Gasteiger partial charge in [-0.1, -0.05) is 12.1 Å². The Morgan fingerprint density at radius 2 is 2.00 bits per heavy atom. The summed E-state index contributed by atoms with van der Waals surface area (Å²) in [6.45, 7) is 4.00. The fourth-order valence-electron chi connectivity index (χ4n) is 1.000. The molecule has 0 spiro atoms. The van der Waals surface area contributed by atoms with E-state index in [0.717, 1.165) is 0 Å². The van der Waals surface area contributed by atoms with E-state index >= 15 is 0 Å². The van der Waals surface area contributed by atoms with Gasteiger partial charge in [0.15, 0.2) is 5.11 Å². The summed E-state index contributed by atoms with van der Waals surface area (Å²) in [5.74, 6) is 0.195. The Hall–Kier alpha value is -1.29. The molecule has 0 fully saturated rings. The second-order valence-corrected chi connectivity index (χ2v) is 3.68. The summed E-state index contributed by atoms with van der Waals surface area (Å²) in [6, 6.07) is 7.25. The fraction of sp³-hybridized carbons (Fsp3) is 0.300. The van der Waals surface area contributed by atoms with Crippen LogP contribution in [0.3, 0.4) is 0 Å². The molecule has 0 aromatic heterocycles. The van der Waals surface area contributed by atoms with E-state index in [1.165, 1.54) is 0 Å². The van der Waals surface area contributed by atoms with Crippen LogP contribution in [0.2, 0.25) is 0 Å². The number of phenols is 1. The van der Waals surface area contributed by atoms with Crippen molar-refractivity contribution >= 4 is 23.0 Å². The van der Waals surface area contributed by atoms with Gasteiger partial charge in [0.05, 0.1) is 5.69 Å². The first-order valence-corrected chi connectivity index (χ1v) is 4.86. The van der Waals surface area contributed by atoms with Crippen molar-refractivity contribution in [2.75, 3.05) is 5.32 Å². The van der Waals surface area contributed by atoms with E-state index in [-0.39, 0.29) is 11.8 Å². The lowest BCUT2D eigenvalue weighted by Gasteiger charge is -2.13. The van der Waals surface area contributed by atoms with Crippen molar-refractivity contribution < 1.29 is 5.11 Å². The van der Waals surface area contributed by atoms with Crippen molar-refractivity contribution in [3.05, 3.63) is 24.3 Å². The highest BCUT2D eigenvalue weighted by atomic mass is 32.1. The van der Waals surface area contributed by atoms with Crippen molar-refractivity contribution in [2.45, 2.75) is 19.9 Å². The number of anilines is 1. The Bertz CT molecular complexity index is 326. The van der Waals surface area contributed by atoms with Crippen LogP contribution < -0.4 is 10.6 Å². The number of hydrogen-bond donors (Lipinski definition) is 3. The molecule has 0 aliphatic rings. The zero-order valence-corrected chi connectivity index (χ0v) is 9.06. The van der Waals surface area contributed by atoms with E-state index < -0.39 is 0 Å². The first-order valence-electron chi connectivity index (χ1n) is 4.45. The lowest BCUT2D eigenvalue weighted by Crippen LogP contribution is -2.33. The average molecular weight is 210 g/mol. The highest BCUT2D eigenvalue weighted by Gasteiger charge is 2.02. The van der Waals surface area contributed by atoms with Crippen LogP contribution in [-0.4, -0.2) is 16.3 Å². The molecule has 0 aliphatic heterocycles. The lowest BCUT2D eigenvalue weighted by atomic mass is 10.3. The zero-order chi connectivity index (χ0) is 10.6. The molecule has 76 valence electrons. The minimum atomic E-state index is 0.195. The van der Waals surface area contributed by atoms with Crippen LogP contribution >= 0.6 is 12.2 Å². The molecule has 14 heavy (non-hydrogen) atoms. The fourth-order valence-corrected chi connectivity index (χ4v) is 1.35. The number of phenolic OH excluding ortho intramolecular Hbond substituents is 1. The molecule has 0 saturated carbocycles. The summed E-state index contributed by atoms with van der Waals surface area (Å²) in [5, 5.41) is 15.9. The van der Waals surface area contributed by atoms with Crippen molar-refractivity contribution in [1.29, 1.82) is 0 Å². The van der Waals surface area contributed by atoms with Crippen molar-refractivity contribution in [3.63, 3.8) is 0 Å². The monoisotopic (exact) mass is 210 g/mol. The third-order valence-corrected chi connectivity index (χ3v) is 1.79. The van der Waals surface area contributed by atoms with Crippen LogP contribution in [0.4, 0.5) is 5.69 Å². The molecule has 0 aliphatic carbocycles. The van der Waals surface area contributed by atoms with Gasteiger partial charge in [0.2, 0.25) is 0 Å². The van der Waals surface area contributed by atoms with Crippen LogP contribution in [0.15, 0.2) is 24.3 Å². The average Bonchev–Trinajstić information content (AvgIpc) is 2.07. The second kappa shape index (κ2) is 4.81. The number of nitrogens with one attached hydrogen (secondary N) is 2. The SMILES string of the molecule is CC(C)NC(=S)Nc1ccccc1O. The Balaban J connectivity index is 2.61. The van der Waals surface area contributed by atoms with Gasteiger partial charge in [0.25, 0.3) is 0 Å². The molecule has 4 heteroatoms. The van der Waals surface area contributed by atoms with Gasteiger partial charge < -0.3 is 15.7 Å². The van der Waals surface area contributed by atoms with E-state index in [1.54, 1.807) is 18.2 Å². The molecule has 3 nitrogen and oxygen atoms in total. The first kappa shape index (κ1) is 10.8. The number of hydrogen-bond acceptors (Lipinski definition) is 2. The molecule has 0 atom stereocenters. The van der Waals surface area contributed by atoms with Gasteiger partial charge in [-0.25, -0.2) is 0 Å². The van der Waals surface area contributed by atoms with E-state index in [4.69, 9.17) is 12.2 Å². The number of aromatic hydroxyl groups is 1. The lowest BCUT2D eigenvalue weighted by molar-refractivity contribution is 0.478. The molecule has 0 amide bonds. The first-order chi connectivity index (χ1) is 6.59. The second-order valence-electron chi connectivity index (χ2n) is 3.27. The molecule has 1 aromatic carbocycles. The zero-order valence-electron chi connectivity index (χ0n) is 8.24. The van der Waals surface area contributed by atoms with Gasteiger partial charge in [0.1, 0.15) is 5.75 Å². The molecule has 0 unspecified atom stereocenters. The van der Waals surface area contributed by atoms with Crippen LogP contribution in [0.25, 0.3) is 0 Å². The van der Waals surface area contributed by atoms with Crippen LogP contribution in [0.1, 0.15) is 13.8 Å². The van der Waals surface area contributed by atoms with E-state index in [9.17, 15) is 5.11 Å². The Kier molecular flexibility index (Phi) is 3.71. The maximum Gasteiger partial charge on any atom is 0.171 e. The molecule has 0 radical (unpaired) electrons. The maximum absolute atomic E-state index is 9.44. The Morgan fingerprint density at radius 1 is 1.36 bits per heavy atom. The Morgan fingerprint density at radius 3 is 2.57 bits per heavy atom. The number of para-hydroxylation sites is 2. The van der Waals surface area contributed by atoms with Gasteiger partial charge >= 0.3 is 0 Å². The number of rotatable bonds is 2. The summed E-state index contributed by atoms with van der Waals surface area (Å²) in [7, 11) is 0. The van der Waals surface area contributed by atoms with E-state index in [0.29, 0.717) is 10.8 Å². The van der Waals surface area contributed by atoms with Crippen molar-refractivity contribution in [2.24, 2.45) is 0 Å². The predicted molar refractivity (Wildman–Crippen MR) is 62.6 cm³/mol. The quantitative estimate of drug-likeness (QED) is 0.516. The summed E-state index contributed by atoms with van der Waals surface area (Å²) in [5.41, 5.74) is 0.616. The molecular formula is C10H14N2OS. The normalized spacial score (nSPS) is 9.93. The minimum Gasteiger partial charge on any atom is -0.506 e. The van der Waals surface area contributed by atoms with Crippen LogP contribution in [-0.2, 0) is 0 Å². The van der Waals surface area contributed by atoms with Gasteiger partial charge in [0, 0.05) is 6.04 Å². The largest absolute Gasteiger partial charge is 0.506 e. The molecule has 0 bridgehead atoms. The van der Waals surface area contributed by atoms with Crippen LogP contribution in [0, 0.1) is 0 Å². The van der Waals surface area contributed by atoms with Gasteiger partial charge in [-0.15, -0.1) is 0 Å². The van der Waals surface area contributed by atoms with E-state index in [2.05, 4.69) is 10.6 Å². The van der Waals surface area contributed by atoms with Crippen LogP contribution in [0.5, 0.6) is 5.75 Å². The van der Waals surface area contributed by atoms with Gasteiger partial charge in [-0.05, 0) is 38.2 Å². The maximum atomic E-state index is 9.44. The highest BCUT2D eigenvalue weighted by molar-refractivity contribution is 7.80. The minimum absolute atomic E-state index is 0.195. The van der Waals surface area contributed by atoms with Crippen molar-refractivity contribution in [1.82, 2.24) is 5.32 Å². The molecule has 0 heterocycles. The third-order valence-electron chi connectivity index (χ3n) is 1.57. The highest BCUT2D eigenvalue weighted by Crippen LogP contribution is 2.21. The number of thiocarbonyl (C=S) groups is 1. The standard InChI is InChI=1S/C10H14N2OS/c1-7(2)11-10(14)12-8-5-3-4-6-9(8)13/h3-7,13H,1-2H3,(H2,11,12,14). The predicted octanol–water partition coefficient (Wildman–Crippen LogP) is 2.09. The molecule has 0 saturated heterocycles. The van der Waals surface area contributed by atoms with Gasteiger partial charge in [-0.2, -0.15) is 0 Å². The summed E-state index contributed by atoms with van der Waals surface area (Å²) < 4.78 is 0. The summed E-state index contributed by atoms with van der Waals surface area (Å²) in [4.78, 5) is 0. The molecule has 3 N–H and O–H groups in total. The third kappa shape index (κ3) is 3.22. The van der Waals surface area contributed by atoms with Crippen molar-refractivity contribution in [3.8, 4) is 5.75 Å².